The van der Waals surface area contributed by atoms with Crippen LogP contribution < -0.4 is 0 Å². The summed E-state index contributed by atoms with van der Waals surface area (Å²) < 4.78 is 0. The second-order valence-electron chi connectivity index (χ2n) is 12.1. The molecule has 0 aliphatic heterocycles. The van der Waals surface area contributed by atoms with Gasteiger partial charge in [-0.3, -0.25) is 19.2 Å². The number of aliphatic carboxylic acids is 2. The van der Waals surface area contributed by atoms with E-state index in [-0.39, 0.29) is 13.1 Å². The van der Waals surface area contributed by atoms with Gasteiger partial charge in [-0.15, -0.1) is 0 Å². The van der Waals surface area contributed by atoms with E-state index >= 15 is 0 Å². The third kappa shape index (κ3) is 19.9. The molecule has 8 nitrogen and oxygen atoms in total. The lowest BCUT2D eigenvalue weighted by Crippen LogP contribution is -2.46. The molecule has 0 aliphatic carbocycles. The fraction of sp³-hybridized carbons (Fsp3) is 0.882. The smallest absolute Gasteiger partial charge is 0.315 e. The standard InChI is InChI=1S/C34H64N2O6/c1-5-7-9-11-13-15-17-19-21-23-25-35(31(37)29(3)33(39)40)27-28-36(32(38)30(4)34(41)42)26-24-22-20-18-16-14-12-10-8-6-2/h29-30H,5-28H2,1-4H3,(H,39,40)(H,41,42). The molecule has 0 aromatic heterocycles. The predicted molar refractivity (Wildman–Crippen MR) is 170 cm³/mol. The summed E-state index contributed by atoms with van der Waals surface area (Å²) in [6.07, 6.45) is 23.3. The van der Waals surface area contributed by atoms with Crippen molar-refractivity contribution in [2.75, 3.05) is 26.2 Å². The molecule has 8 heteroatoms. The van der Waals surface area contributed by atoms with Crippen molar-refractivity contribution in [3.05, 3.63) is 0 Å². The van der Waals surface area contributed by atoms with Gasteiger partial charge in [0.15, 0.2) is 0 Å². The summed E-state index contributed by atoms with van der Waals surface area (Å²) in [5.74, 6) is -5.53. The zero-order valence-electron chi connectivity index (χ0n) is 27.5. The number of carbonyl (C=O) groups excluding carboxylic acids is 2. The normalized spacial score (nSPS) is 12.6. The summed E-state index contributed by atoms with van der Waals surface area (Å²) in [4.78, 5) is 52.2. The first-order chi connectivity index (χ1) is 20.2. The van der Waals surface area contributed by atoms with Crippen LogP contribution in [0.1, 0.15) is 156 Å². The largest absolute Gasteiger partial charge is 0.481 e. The molecule has 2 N–H and O–H groups in total. The van der Waals surface area contributed by atoms with Crippen molar-refractivity contribution in [3.8, 4) is 0 Å². The van der Waals surface area contributed by atoms with E-state index in [1.807, 2.05) is 0 Å². The zero-order valence-corrected chi connectivity index (χ0v) is 27.5. The minimum absolute atomic E-state index is 0.212. The molecule has 0 aliphatic rings. The number of nitrogens with zero attached hydrogens (tertiary/aromatic N) is 2. The first-order valence-electron chi connectivity index (χ1n) is 17.2. The molecule has 246 valence electrons. The van der Waals surface area contributed by atoms with Gasteiger partial charge in [0, 0.05) is 26.2 Å². The lowest BCUT2D eigenvalue weighted by Gasteiger charge is -2.30. The lowest BCUT2D eigenvalue weighted by molar-refractivity contribution is -0.153. The third-order valence-corrected chi connectivity index (χ3v) is 8.31. The van der Waals surface area contributed by atoms with Gasteiger partial charge in [0.1, 0.15) is 11.8 Å². The van der Waals surface area contributed by atoms with E-state index in [1.54, 1.807) is 9.80 Å². The first kappa shape index (κ1) is 39.9. The summed E-state index contributed by atoms with van der Waals surface area (Å²) in [6, 6.07) is 0. The minimum atomic E-state index is -1.16. The van der Waals surface area contributed by atoms with E-state index in [2.05, 4.69) is 13.8 Å². The molecular weight excluding hydrogens is 532 g/mol. The molecular formula is C34H64N2O6. The van der Waals surface area contributed by atoms with Gasteiger partial charge in [-0.1, -0.05) is 129 Å². The van der Waals surface area contributed by atoms with Crippen molar-refractivity contribution in [2.24, 2.45) is 11.8 Å². The van der Waals surface area contributed by atoms with Crippen LogP contribution in [-0.2, 0) is 19.2 Å². The average molecular weight is 597 g/mol. The Bertz CT molecular complexity index is 669. The van der Waals surface area contributed by atoms with E-state index in [0.29, 0.717) is 13.1 Å². The molecule has 42 heavy (non-hydrogen) atoms. The van der Waals surface area contributed by atoms with Crippen LogP contribution in [0.2, 0.25) is 0 Å². The Hall–Kier alpha value is -2.12. The Morgan fingerprint density at radius 3 is 0.905 bits per heavy atom. The fourth-order valence-electron chi connectivity index (χ4n) is 5.24. The third-order valence-electron chi connectivity index (χ3n) is 8.31. The molecule has 0 aromatic rings. The molecule has 2 unspecified atom stereocenters. The highest BCUT2D eigenvalue weighted by molar-refractivity contribution is 5.97. The molecule has 0 saturated carbocycles. The second-order valence-corrected chi connectivity index (χ2v) is 12.1. The van der Waals surface area contributed by atoms with Crippen molar-refractivity contribution >= 4 is 23.8 Å². The maximum atomic E-state index is 13.0. The van der Waals surface area contributed by atoms with Crippen LogP contribution in [0.25, 0.3) is 0 Å². The Balaban J connectivity index is 4.87. The SMILES string of the molecule is CCCCCCCCCCCCN(CCN(CCCCCCCCCCCC)C(=O)C(C)C(=O)O)C(=O)C(C)C(=O)O. The molecule has 2 atom stereocenters. The molecule has 0 spiro atoms. The van der Waals surface area contributed by atoms with Crippen LogP contribution >= 0.6 is 0 Å². The topological polar surface area (TPSA) is 115 Å². The van der Waals surface area contributed by atoms with Gasteiger partial charge in [0.25, 0.3) is 0 Å². The van der Waals surface area contributed by atoms with Crippen molar-refractivity contribution < 1.29 is 29.4 Å². The molecule has 0 rings (SSSR count). The second kappa shape index (κ2) is 26.5. The van der Waals surface area contributed by atoms with E-state index in [0.717, 1.165) is 38.5 Å². The summed E-state index contributed by atoms with van der Waals surface area (Å²) in [7, 11) is 0. The maximum Gasteiger partial charge on any atom is 0.315 e. The van der Waals surface area contributed by atoms with Gasteiger partial charge >= 0.3 is 11.9 Å². The number of carboxylic acid groups (broad SMARTS) is 2. The van der Waals surface area contributed by atoms with E-state index < -0.39 is 35.6 Å². The average Bonchev–Trinajstić information content (AvgIpc) is 2.97. The molecule has 0 radical (unpaired) electrons. The summed E-state index contributed by atoms with van der Waals surface area (Å²) >= 11 is 0. The zero-order chi connectivity index (χ0) is 31.6. The molecule has 0 saturated heterocycles. The summed E-state index contributed by atoms with van der Waals surface area (Å²) in [5, 5.41) is 18.9. The van der Waals surface area contributed by atoms with Crippen molar-refractivity contribution in [3.63, 3.8) is 0 Å². The van der Waals surface area contributed by atoms with Gasteiger partial charge in [0.05, 0.1) is 0 Å². The number of carbonyl (C=O) groups is 4. The molecule has 0 heterocycles. The predicted octanol–water partition coefficient (Wildman–Crippen LogP) is 7.93. The molecule has 0 bridgehead atoms. The van der Waals surface area contributed by atoms with Gasteiger partial charge < -0.3 is 20.0 Å². The highest BCUT2D eigenvalue weighted by atomic mass is 16.4. The quantitative estimate of drug-likeness (QED) is 0.0669. The Kier molecular flexibility index (Phi) is 25.2. The highest BCUT2D eigenvalue weighted by Gasteiger charge is 2.29. The number of rotatable bonds is 29. The number of carboxylic acids is 2. The van der Waals surface area contributed by atoms with Crippen LogP contribution in [0.15, 0.2) is 0 Å². The lowest BCUT2D eigenvalue weighted by atomic mass is 10.1. The number of hydrogen-bond donors (Lipinski definition) is 2. The van der Waals surface area contributed by atoms with Gasteiger partial charge in [-0.2, -0.15) is 0 Å². The summed E-state index contributed by atoms with van der Waals surface area (Å²) in [5.41, 5.74) is 0. The number of unbranched alkanes of at least 4 members (excludes halogenated alkanes) is 18. The van der Waals surface area contributed by atoms with Crippen LogP contribution in [0.4, 0.5) is 0 Å². The Morgan fingerprint density at radius 1 is 0.429 bits per heavy atom. The van der Waals surface area contributed by atoms with E-state index in [1.165, 1.54) is 104 Å². The van der Waals surface area contributed by atoms with Crippen LogP contribution in [0.3, 0.4) is 0 Å². The van der Waals surface area contributed by atoms with Crippen molar-refractivity contribution in [2.45, 2.75) is 156 Å². The van der Waals surface area contributed by atoms with Gasteiger partial charge in [0.2, 0.25) is 11.8 Å². The van der Waals surface area contributed by atoms with Crippen LogP contribution in [-0.4, -0.2) is 69.9 Å². The van der Waals surface area contributed by atoms with Crippen molar-refractivity contribution in [1.82, 2.24) is 9.80 Å². The summed E-state index contributed by atoms with van der Waals surface area (Å²) in [6.45, 7) is 8.55. The number of hydrogen-bond acceptors (Lipinski definition) is 4. The Morgan fingerprint density at radius 2 is 0.667 bits per heavy atom. The van der Waals surface area contributed by atoms with Gasteiger partial charge in [-0.25, -0.2) is 0 Å². The van der Waals surface area contributed by atoms with Gasteiger partial charge in [-0.05, 0) is 26.7 Å². The number of amides is 2. The maximum absolute atomic E-state index is 13.0. The molecule has 0 aromatic carbocycles. The first-order valence-corrected chi connectivity index (χ1v) is 17.2. The van der Waals surface area contributed by atoms with Crippen LogP contribution in [0.5, 0.6) is 0 Å². The van der Waals surface area contributed by atoms with Crippen LogP contribution in [0, 0.1) is 11.8 Å². The fourth-order valence-corrected chi connectivity index (χ4v) is 5.24. The van der Waals surface area contributed by atoms with E-state index in [9.17, 15) is 29.4 Å². The minimum Gasteiger partial charge on any atom is -0.481 e. The van der Waals surface area contributed by atoms with E-state index in [4.69, 9.17) is 0 Å². The molecule has 2 amide bonds. The van der Waals surface area contributed by atoms with Crippen molar-refractivity contribution in [1.29, 1.82) is 0 Å². The molecule has 0 fully saturated rings. The monoisotopic (exact) mass is 596 g/mol. The Labute approximate surface area is 257 Å². The highest BCUT2D eigenvalue weighted by Crippen LogP contribution is 2.14.